The van der Waals surface area contributed by atoms with E-state index in [1.165, 1.54) is 0 Å². The molecule has 0 fully saturated rings. The van der Waals surface area contributed by atoms with Gasteiger partial charge in [0.15, 0.2) is 0 Å². The van der Waals surface area contributed by atoms with Crippen molar-refractivity contribution in [3.8, 4) is 12.3 Å². The van der Waals surface area contributed by atoms with Gasteiger partial charge in [0.05, 0.1) is 0 Å². The zero-order valence-corrected chi connectivity index (χ0v) is 24.6. The number of alkyl carbamates (subject to hydrolysis) is 1. The maximum atomic E-state index is 14.2. The van der Waals surface area contributed by atoms with Gasteiger partial charge in [-0.25, -0.2) is 4.79 Å². The first-order valence-electron chi connectivity index (χ1n) is 14.1. The highest BCUT2D eigenvalue weighted by molar-refractivity contribution is 5.92. The van der Waals surface area contributed by atoms with Gasteiger partial charge < -0.3 is 20.3 Å². The van der Waals surface area contributed by atoms with Crippen molar-refractivity contribution in [2.75, 3.05) is 13.1 Å². The molecular weight excluding hydrogens is 478 g/mol. The number of carbonyl (C=O) groups excluding carboxylic acids is 3. The third-order valence-electron chi connectivity index (χ3n) is 6.47. The van der Waals surface area contributed by atoms with E-state index in [0.29, 0.717) is 30.6 Å². The number of benzene rings is 1. The Bertz CT molecular complexity index is 915. The molecule has 1 aromatic carbocycles. The summed E-state index contributed by atoms with van der Waals surface area (Å²) in [5.74, 6) is 1.90. The van der Waals surface area contributed by atoms with Gasteiger partial charge >= 0.3 is 6.09 Å². The van der Waals surface area contributed by atoms with Crippen molar-refractivity contribution >= 4 is 17.9 Å². The summed E-state index contributed by atoms with van der Waals surface area (Å²) in [7, 11) is 0. The van der Waals surface area contributed by atoms with Crippen molar-refractivity contribution in [1.29, 1.82) is 0 Å². The van der Waals surface area contributed by atoms with E-state index >= 15 is 0 Å². The average molecular weight is 528 g/mol. The van der Waals surface area contributed by atoms with Gasteiger partial charge in [0.2, 0.25) is 11.8 Å². The zero-order valence-electron chi connectivity index (χ0n) is 24.6. The molecule has 0 aliphatic rings. The van der Waals surface area contributed by atoms with Crippen LogP contribution in [0.3, 0.4) is 0 Å². The molecule has 1 aromatic rings. The summed E-state index contributed by atoms with van der Waals surface area (Å²) < 4.78 is 5.47. The van der Waals surface area contributed by atoms with Crippen molar-refractivity contribution in [1.82, 2.24) is 15.5 Å². The summed E-state index contributed by atoms with van der Waals surface area (Å²) in [6.07, 6.45) is 11.1. The van der Waals surface area contributed by atoms with Crippen LogP contribution in [0.2, 0.25) is 0 Å². The van der Waals surface area contributed by atoms with Crippen LogP contribution in [0, 0.1) is 18.3 Å². The fraction of sp³-hybridized carbons (Fsp3) is 0.645. The fourth-order valence-electron chi connectivity index (χ4n) is 4.09. The number of nitrogens with one attached hydrogen (secondary N) is 2. The lowest BCUT2D eigenvalue weighted by molar-refractivity contribution is -0.143. The summed E-state index contributed by atoms with van der Waals surface area (Å²) in [4.78, 5) is 42.2. The Morgan fingerprint density at radius 2 is 1.63 bits per heavy atom. The number of carbonyl (C=O) groups is 3. The predicted octanol–water partition coefficient (Wildman–Crippen LogP) is 5.97. The molecule has 3 amide bonds. The molecule has 3 atom stereocenters. The highest BCUT2D eigenvalue weighted by atomic mass is 16.6. The predicted molar refractivity (Wildman–Crippen MR) is 154 cm³/mol. The third kappa shape index (κ3) is 11.2. The van der Waals surface area contributed by atoms with Crippen LogP contribution in [0.15, 0.2) is 24.3 Å². The molecule has 0 aliphatic heterocycles. The molecule has 0 saturated carbocycles. The summed E-state index contributed by atoms with van der Waals surface area (Å²) >= 11 is 0. The van der Waals surface area contributed by atoms with E-state index in [-0.39, 0.29) is 17.7 Å². The standard InChI is InChI=1S/C31H49N3O4/c1-9-13-15-16-22-34(29(36)26(23(5)11-3)33-30(37)38-31(6,7)8)27(28(35)32-21-14-10-2)25-19-17-24(12-4)18-20-25/h4,17-20,23,26-27H,9-11,13-16,21-22H2,1-3,5-8H3,(H,32,35)(H,33,37). The number of hydrogen-bond donors (Lipinski definition) is 2. The van der Waals surface area contributed by atoms with Crippen LogP contribution >= 0.6 is 0 Å². The Balaban J connectivity index is 3.49. The van der Waals surface area contributed by atoms with E-state index < -0.39 is 23.8 Å². The quantitative estimate of drug-likeness (QED) is 0.217. The minimum Gasteiger partial charge on any atom is -0.444 e. The molecule has 0 saturated heterocycles. The topological polar surface area (TPSA) is 87.7 Å². The Morgan fingerprint density at radius 1 is 1.00 bits per heavy atom. The molecule has 1 rings (SSSR count). The number of terminal acetylenes is 1. The molecule has 2 N–H and O–H groups in total. The number of nitrogens with zero attached hydrogens (tertiary/aromatic N) is 1. The molecule has 38 heavy (non-hydrogen) atoms. The second kappa shape index (κ2) is 16.8. The lowest BCUT2D eigenvalue weighted by Crippen LogP contribution is -2.55. The molecular formula is C31H49N3O4. The maximum absolute atomic E-state index is 14.2. The van der Waals surface area contributed by atoms with Crippen molar-refractivity contribution in [2.45, 2.75) is 111 Å². The Hall–Kier alpha value is -3.01. The normalized spacial score (nSPS) is 13.5. The van der Waals surface area contributed by atoms with Gasteiger partial charge in [-0.3, -0.25) is 9.59 Å². The Morgan fingerprint density at radius 3 is 2.16 bits per heavy atom. The number of unbranched alkanes of at least 4 members (excludes halogenated alkanes) is 4. The molecule has 3 unspecified atom stereocenters. The van der Waals surface area contributed by atoms with Crippen molar-refractivity contribution in [3.63, 3.8) is 0 Å². The minimum atomic E-state index is -0.847. The van der Waals surface area contributed by atoms with Crippen LogP contribution in [-0.2, 0) is 14.3 Å². The molecule has 0 radical (unpaired) electrons. The van der Waals surface area contributed by atoms with Crippen LogP contribution < -0.4 is 10.6 Å². The fourth-order valence-corrected chi connectivity index (χ4v) is 4.09. The number of rotatable bonds is 15. The molecule has 0 heterocycles. The van der Waals surface area contributed by atoms with E-state index in [1.54, 1.807) is 37.8 Å². The van der Waals surface area contributed by atoms with E-state index in [4.69, 9.17) is 11.2 Å². The number of hydrogen-bond acceptors (Lipinski definition) is 4. The van der Waals surface area contributed by atoms with Crippen molar-refractivity contribution in [3.05, 3.63) is 35.4 Å². The highest BCUT2D eigenvalue weighted by Crippen LogP contribution is 2.26. The molecule has 7 heteroatoms. The third-order valence-corrected chi connectivity index (χ3v) is 6.47. The molecule has 212 valence electrons. The van der Waals surface area contributed by atoms with Gasteiger partial charge in [-0.2, -0.15) is 0 Å². The Labute approximate surface area is 230 Å². The van der Waals surface area contributed by atoms with Crippen LogP contribution in [0.5, 0.6) is 0 Å². The molecule has 0 aliphatic carbocycles. The second-order valence-corrected chi connectivity index (χ2v) is 10.9. The zero-order chi connectivity index (χ0) is 28.7. The molecule has 0 bridgehead atoms. The summed E-state index contributed by atoms with van der Waals surface area (Å²) in [5, 5.41) is 5.83. The largest absolute Gasteiger partial charge is 0.444 e. The van der Waals surface area contributed by atoms with Crippen LogP contribution in [-0.4, -0.2) is 47.5 Å². The molecule has 0 aromatic heterocycles. The van der Waals surface area contributed by atoms with E-state index in [0.717, 1.165) is 38.5 Å². The van der Waals surface area contributed by atoms with Crippen molar-refractivity contribution in [2.24, 2.45) is 5.92 Å². The first-order chi connectivity index (χ1) is 18.0. The van der Waals surface area contributed by atoms with Crippen LogP contribution in [0.25, 0.3) is 0 Å². The van der Waals surface area contributed by atoms with Gasteiger partial charge in [0.25, 0.3) is 0 Å². The second-order valence-electron chi connectivity index (χ2n) is 10.9. The van der Waals surface area contributed by atoms with Crippen molar-refractivity contribution < 1.29 is 19.1 Å². The number of ether oxygens (including phenoxy) is 1. The lowest BCUT2D eigenvalue weighted by Gasteiger charge is -2.36. The monoisotopic (exact) mass is 527 g/mol. The first-order valence-corrected chi connectivity index (χ1v) is 14.1. The smallest absolute Gasteiger partial charge is 0.408 e. The molecule has 7 nitrogen and oxygen atoms in total. The van der Waals surface area contributed by atoms with Gasteiger partial charge in [0, 0.05) is 18.7 Å². The lowest BCUT2D eigenvalue weighted by atomic mass is 9.95. The SMILES string of the molecule is C#Cc1ccc(C(C(=O)NCCCC)N(CCCCCC)C(=O)C(NC(=O)OC(C)(C)C)C(C)CC)cc1. The highest BCUT2D eigenvalue weighted by Gasteiger charge is 2.37. The van der Waals surface area contributed by atoms with Gasteiger partial charge in [0.1, 0.15) is 17.7 Å². The van der Waals surface area contributed by atoms with E-state index in [2.05, 4.69) is 30.4 Å². The summed E-state index contributed by atoms with van der Waals surface area (Å²) in [5.41, 5.74) is 0.679. The van der Waals surface area contributed by atoms with Crippen LogP contribution in [0.1, 0.15) is 111 Å². The number of amides is 3. The van der Waals surface area contributed by atoms with Gasteiger partial charge in [-0.15, -0.1) is 6.42 Å². The van der Waals surface area contributed by atoms with Gasteiger partial charge in [-0.1, -0.05) is 77.9 Å². The van der Waals surface area contributed by atoms with Crippen LogP contribution in [0.4, 0.5) is 4.79 Å². The van der Waals surface area contributed by atoms with E-state index in [1.807, 2.05) is 26.0 Å². The Kier molecular flexibility index (Phi) is 14.6. The summed E-state index contributed by atoms with van der Waals surface area (Å²) in [6, 6.07) is 5.51. The van der Waals surface area contributed by atoms with E-state index in [9.17, 15) is 14.4 Å². The van der Waals surface area contributed by atoms with Gasteiger partial charge in [-0.05, 0) is 57.2 Å². The maximum Gasteiger partial charge on any atom is 0.408 e. The average Bonchev–Trinajstić information content (AvgIpc) is 2.87. The minimum absolute atomic E-state index is 0.166. The molecule has 0 spiro atoms. The first kappa shape index (κ1) is 33.0. The summed E-state index contributed by atoms with van der Waals surface area (Å²) in [6.45, 7) is 14.3.